The van der Waals surface area contributed by atoms with Gasteiger partial charge in [0.05, 0.1) is 30.7 Å². The topological polar surface area (TPSA) is 35.1 Å². The molecule has 3 rings (SSSR count). The molecule has 0 radical (unpaired) electrons. The zero-order chi connectivity index (χ0) is 12.9. The van der Waals surface area contributed by atoms with Crippen molar-refractivity contribution >= 4 is 33.5 Å². The van der Waals surface area contributed by atoms with E-state index in [0.29, 0.717) is 0 Å². The second-order valence-electron chi connectivity index (χ2n) is 4.54. The quantitative estimate of drug-likeness (QED) is 0.571. The number of aromatic nitrogens is 2. The van der Waals surface area contributed by atoms with E-state index in [-0.39, 0.29) is 5.56 Å². The number of fused-ring (bicyclic) bond motifs is 2. The number of nitrogens with zero attached hydrogens (tertiary/aromatic N) is 2. The van der Waals surface area contributed by atoms with E-state index in [1.807, 2.05) is 23.7 Å². The zero-order valence-corrected chi connectivity index (χ0v) is 12.5. The predicted molar refractivity (Wildman–Crippen MR) is 77.0 cm³/mol. The molecule has 0 spiro atoms. The molecule has 0 saturated heterocycles. The van der Waals surface area contributed by atoms with Crippen molar-refractivity contribution < 1.29 is 9.30 Å². The van der Waals surface area contributed by atoms with Crippen LogP contribution in [0.3, 0.4) is 0 Å². The third-order valence-electron chi connectivity index (χ3n) is 3.59. The molecule has 0 N–H and O–H groups in total. The van der Waals surface area contributed by atoms with Crippen molar-refractivity contribution in [3.8, 4) is 5.75 Å². The summed E-state index contributed by atoms with van der Waals surface area (Å²) in [5, 5.41) is 0.772. The van der Waals surface area contributed by atoms with Gasteiger partial charge in [-0.25, -0.2) is 9.36 Å². The number of benzene rings is 1. The number of ether oxygens (including phenoxy) is 1. The van der Waals surface area contributed by atoms with Crippen LogP contribution in [0, 0.1) is 3.57 Å². The van der Waals surface area contributed by atoms with Gasteiger partial charge in [-0.15, -0.1) is 0 Å². The van der Waals surface area contributed by atoms with E-state index in [1.165, 1.54) is 0 Å². The Morgan fingerprint density at radius 1 is 1.44 bits per heavy atom. The largest absolute Gasteiger partial charge is 0.495 e. The van der Waals surface area contributed by atoms with E-state index in [2.05, 4.69) is 27.2 Å². The molecule has 4 nitrogen and oxygen atoms in total. The van der Waals surface area contributed by atoms with E-state index in [1.54, 1.807) is 7.11 Å². The van der Waals surface area contributed by atoms with E-state index in [0.717, 1.165) is 45.4 Å². The Bertz CT molecular complexity index is 706. The van der Waals surface area contributed by atoms with Gasteiger partial charge < -0.3 is 4.74 Å². The first kappa shape index (κ1) is 12.0. The van der Waals surface area contributed by atoms with Gasteiger partial charge in [-0.1, -0.05) is 0 Å². The van der Waals surface area contributed by atoms with Gasteiger partial charge in [0.2, 0.25) is 0 Å². The zero-order valence-electron chi connectivity index (χ0n) is 10.4. The molecular formula is C13H14IN2O2+. The van der Waals surface area contributed by atoms with Gasteiger partial charge in [0, 0.05) is 6.07 Å². The molecule has 2 heterocycles. The van der Waals surface area contributed by atoms with Crippen LogP contribution >= 0.6 is 22.6 Å². The molecule has 0 bridgehead atoms. The smallest absolute Gasteiger partial charge is 0.345 e. The molecular weight excluding hydrogens is 343 g/mol. The van der Waals surface area contributed by atoms with Crippen molar-refractivity contribution in [2.24, 2.45) is 7.05 Å². The van der Waals surface area contributed by atoms with Gasteiger partial charge in [-0.3, -0.25) is 0 Å². The molecule has 1 aromatic carbocycles. The fourth-order valence-corrected chi connectivity index (χ4v) is 3.35. The lowest BCUT2D eigenvalue weighted by Crippen LogP contribution is -2.41. The van der Waals surface area contributed by atoms with Crippen LogP contribution < -0.4 is 14.9 Å². The second kappa shape index (κ2) is 4.22. The van der Waals surface area contributed by atoms with Crippen LogP contribution in [0.25, 0.3) is 10.9 Å². The molecule has 1 aliphatic heterocycles. The Balaban J connectivity index is 2.48. The van der Waals surface area contributed by atoms with Crippen LogP contribution in [0.5, 0.6) is 5.75 Å². The Morgan fingerprint density at radius 3 is 2.94 bits per heavy atom. The summed E-state index contributed by atoms with van der Waals surface area (Å²) >= 11 is 2.20. The monoisotopic (exact) mass is 357 g/mol. The minimum absolute atomic E-state index is 0.121. The average Bonchev–Trinajstić information content (AvgIpc) is 2.85. The van der Waals surface area contributed by atoms with E-state index >= 15 is 0 Å². The highest BCUT2D eigenvalue weighted by atomic mass is 127. The molecule has 0 saturated carbocycles. The van der Waals surface area contributed by atoms with Crippen LogP contribution in [0.4, 0.5) is 0 Å². The molecule has 0 fully saturated rings. The fraction of sp³-hybridized carbons (Fsp3) is 0.385. The van der Waals surface area contributed by atoms with Crippen molar-refractivity contribution in [3.05, 3.63) is 31.9 Å². The third kappa shape index (κ3) is 1.56. The summed E-state index contributed by atoms with van der Waals surface area (Å²) in [4.78, 5) is 12.4. The summed E-state index contributed by atoms with van der Waals surface area (Å²) in [6.07, 6.45) is 2.02. The Labute approximate surface area is 118 Å². The number of rotatable bonds is 1. The van der Waals surface area contributed by atoms with Gasteiger partial charge in [0.25, 0.3) is 5.82 Å². The van der Waals surface area contributed by atoms with Crippen LogP contribution in [0.15, 0.2) is 16.9 Å². The van der Waals surface area contributed by atoms with Crippen molar-refractivity contribution in [3.63, 3.8) is 0 Å². The number of hydrogen-bond acceptors (Lipinski definition) is 2. The highest BCUT2D eigenvalue weighted by molar-refractivity contribution is 14.1. The van der Waals surface area contributed by atoms with Crippen molar-refractivity contribution in [1.82, 2.24) is 4.57 Å². The molecule has 5 heteroatoms. The highest BCUT2D eigenvalue weighted by Crippen LogP contribution is 2.24. The summed E-state index contributed by atoms with van der Waals surface area (Å²) in [6.45, 7) is 0.834. The lowest BCUT2D eigenvalue weighted by Gasteiger charge is -2.08. The second-order valence-corrected chi connectivity index (χ2v) is 5.70. The number of aryl methyl sites for hydroxylation is 1. The summed E-state index contributed by atoms with van der Waals surface area (Å²) in [7, 11) is 3.68. The molecule has 1 aromatic heterocycles. The van der Waals surface area contributed by atoms with E-state index < -0.39 is 0 Å². The molecule has 2 aromatic rings. The summed E-state index contributed by atoms with van der Waals surface area (Å²) in [6, 6.07) is 3.88. The normalized spacial score (nSPS) is 13.9. The Kier molecular flexibility index (Phi) is 2.80. The highest BCUT2D eigenvalue weighted by Gasteiger charge is 2.26. The fourth-order valence-electron chi connectivity index (χ4n) is 2.66. The van der Waals surface area contributed by atoms with Gasteiger partial charge in [0.1, 0.15) is 16.7 Å². The maximum Gasteiger partial charge on any atom is 0.345 e. The maximum atomic E-state index is 12.4. The first-order chi connectivity index (χ1) is 8.63. The first-order valence-corrected chi connectivity index (χ1v) is 7.00. The maximum absolute atomic E-state index is 12.4. The van der Waals surface area contributed by atoms with Crippen LogP contribution in [-0.4, -0.2) is 11.7 Å². The summed E-state index contributed by atoms with van der Waals surface area (Å²) in [5.74, 6) is 1.93. The van der Waals surface area contributed by atoms with Crippen LogP contribution in [-0.2, 0) is 20.0 Å². The summed E-state index contributed by atoms with van der Waals surface area (Å²) in [5.41, 5.74) is 1.07. The molecule has 0 amide bonds. The number of hydrogen-bond donors (Lipinski definition) is 0. The minimum Gasteiger partial charge on any atom is -0.495 e. The Morgan fingerprint density at radius 2 is 2.22 bits per heavy atom. The van der Waals surface area contributed by atoms with Crippen LogP contribution in [0.2, 0.25) is 0 Å². The van der Waals surface area contributed by atoms with Gasteiger partial charge >= 0.3 is 5.56 Å². The van der Waals surface area contributed by atoms with E-state index in [9.17, 15) is 4.79 Å². The molecule has 0 unspecified atom stereocenters. The molecule has 0 aliphatic carbocycles. The predicted octanol–water partition coefficient (Wildman–Crippen LogP) is 1.39. The Hall–Kier alpha value is -1.11. The van der Waals surface area contributed by atoms with Crippen LogP contribution in [0.1, 0.15) is 12.2 Å². The standard InChI is InChI=1S/C13H14IN2O2/c1-15-10-7-11(18-2)9(14)6-8(10)13(17)16-5-3-4-12(15)16/h6-7H,3-5H2,1-2H3/q+1. The van der Waals surface area contributed by atoms with Gasteiger partial charge in [0.15, 0.2) is 0 Å². The van der Waals surface area contributed by atoms with Crippen molar-refractivity contribution in [2.45, 2.75) is 19.4 Å². The third-order valence-corrected chi connectivity index (χ3v) is 4.43. The lowest BCUT2D eigenvalue weighted by atomic mass is 10.2. The van der Waals surface area contributed by atoms with E-state index in [4.69, 9.17) is 4.74 Å². The SMILES string of the molecule is COc1cc2c(cc1I)c(=O)n1c([n+]2C)CCC1. The number of methoxy groups -OCH3 is 1. The first-order valence-electron chi connectivity index (χ1n) is 5.92. The van der Waals surface area contributed by atoms with Gasteiger partial charge in [-0.05, 0) is 35.1 Å². The molecule has 94 valence electrons. The molecule has 18 heavy (non-hydrogen) atoms. The minimum atomic E-state index is 0.121. The van der Waals surface area contributed by atoms with Gasteiger partial charge in [-0.2, -0.15) is 4.57 Å². The molecule has 0 atom stereocenters. The molecule has 1 aliphatic rings. The summed E-state index contributed by atoms with van der Waals surface area (Å²) < 4.78 is 10.3. The van der Waals surface area contributed by atoms with Crippen molar-refractivity contribution in [2.75, 3.05) is 7.11 Å². The average molecular weight is 357 g/mol. The number of halogens is 1. The van der Waals surface area contributed by atoms with Crippen molar-refractivity contribution in [1.29, 1.82) is 0 Å². The lowest BCUT2D eigenvalue weighted by molar-refractivity contribution is -0.657.